The summed E-state index contributed by atoms with van der Waals surface area (Å²) >= 11 is 1.59. The number of para-hydroxylation sites is 1. The molecule has 0 radical (unpaired) electrons. The van der Waals surface area contributed by atoms with Crippen LogP contribution in [-0.4, -0.2) is 29.3 Å². The van der Waals surface area contributed by atoms with E-state index in [9.17, 15) is 4.79 Å². The Morgan fingerprint density at radius 2 is 2.27 bits per heavy atom. The second kappa shape index (κ2) is 8.47. The van der Waals surface area contributed by atoms with E-state index in [2.05, 4.69) is 11.4 Å². The lowest BCUT2D eigenvalue weighted by atomic mass is 10.1. The molecule has 5 nitrogen and oxygen atoms in total. The molecular weight excluding hydrogens is 296 g/mol. The van der Waals surface area contributed by atoms with Crippen molar-refractivity contribution < 1.29 is 4.79 Å². The first-order valence-corrected chi connectivity index (χ1v) is 8.34. The van der Waals surface area contributed by atoms with Gasteiger partial charge in [0.25, 0.3) is 0 Å². The maximum absolute atomic E-state index is 12.0. The van der Waals surface area contributed by atoms with Crippen molar-refractivity contribution in [2.24, 2.45) is 5.73 Å². The average Bonchev–Trinajstić information content (AvgIpc) is 3.08. The highest BCUT2D eigenvalue weighted by Gasteiger charge is 2.20. The predicted molar refractivity (Wildman–Crippen MR) is 89.9 cm³/mol. The van der Waals surface area contributed by atoms with Gasteiger partial charge in [-0.3, -0.25) is 4.79 Å². The molecule has 1 aliphatic heterocycles. The van der Waals surface area contributed by atoms with E-state index in [4.69, 9.17) is 11.0 Å². The molecule has 0 aromatic heterocycles. The molecule has 0 fully saturated rings. The molecule has 0 spiro atoms. The summed E-state index contributed by atoms with van der Waals surface area (Å²) in [6, 6.07) is 9.16. The number of amides is 1. The van der Waals surface area contributed by atoms with Gasteiger partial charge < -0.3 is 16.0 Å². The number of carbonyl (C=O) groups is 1. The molecule has 1 aromatic carbocycles. The van der Waals surface area contributed by atoms with Crippen molar-refractivity contribution in [2.45, 2.75) is 25.3 Å². The molecule has 1 atom stereocenters. The SMILES string of the molecule is N#Cc1ccccc1NCCCCC(N)C(=O)N1C=CSC1. The number of hydrogen-bond donors (Lipinski definition) is 2. The summed E-state index contributed by atoms with van der Waals surface area (Å²) in [6.45, 7) is 0.763. The molecule has 0 bridgehead atoms. The normalized spacial score (nSPS) is 14.6. The van der Waals surface area contributed by atoms with Gasteiger partial charge in [0, 0.05) is 12.7 Å². The Morgan fingerprint density at radius 1 is 1.45 bits per heavy atom. The molecule has 0 aliphatic carbocycles. The zero-order valence-corrected chi connectivity index (χ0v) is 13.2. The van der Waals surface area contributed by atoms with Gasteiger partial charge in [-0.2, -0.15) is 5.26 Å². The molecule has 0 saturated heterocycles. The summed E-state index contributed by atoms with van der Waals surface area (Å²) in [5.41, 5.74) is 7.44. The first kappa shape index (κ1) is 16.4. The molecule has 0 saturated carbocycles. The monoisotopic (exact) mass is 316 g/mol. The van der Waals surface area contributed by atoms with E-state index in [0.717, 1.165) is 25.1 Å². The minimum atomic E-state index is -0.435. The third-order valence-electron chi connectivity index (χ3n) is 3.46. The Bertz CT molecular complexity index is 582. The van der Waals surface area contributed by atoms with Crippen LogP contribution in [0.3, 0.4) is 0 Å². The number of benzene rings is 1. The second-order valence-electron chi connectivity index (χ2n) is 5.08. The summed E-state index contributed by atoms with van der Waals surface area (Å²) in [6.07, 6.45) is 4.24. The molecule has 1 amide bonds. The minimum absolute atomic E-state index is 0.0102. The standard InChI is InChI=1S/C16H20N4OS/c17-11-13-5-1-2-7-15(13)19-8-4-3-6-14(18)16(21)20-9-10-22-12-20/h1-2,5,7,9-10,14,19H,3-4,6,8,12,18H2. The number of hydrogen-bond acceptors (Lipinski definition) is 5. The van der Waals surface area contributed by atoms with Crippen LogP contribution in [0.15, 0.2) is 35.9 Å². The van der Waals surface area contributed by atoms with Crippen LogP contribution in [0.5, 0.6) is 0 Å². The highest BCUT2D eigenvalue weighted by molar-refractivity contribution is 8.02. The fourth-order valence-corrected chi connectivity index (χ4v) is 2.90. The highest BCUT2D eigenvalue weighted by atomic mass is 32.2. The van der Waals surface area contributed by atoms with Gasteiger partial charge in [-0.15, -0.1) is 11.8 Å². The summed E-state index contributed by atoms with van der Waals surface area (Å²) < 4.78 is 0. The molecule has 116 valence electrons. The maximum Gasteiger partial charge on any atom is 0.244 e. The summed E-state index contributed by atoms with van der Waals surface area (Å²) in [7, 11) is 0. The van der Waals surface area contributed by atoms with E-state index in [1.807, 2.05) is 23.6 Å². The molecule has 1 unspecified atom stereocenters. The Morgan fingerprint density at radius 3 is 3.00 bits per heavy atom. The van der Waals surface area contributed by atoms with Crippen molar-refractivity contribution in [2.75, 3.05) is 17.7 Å². The van der Waals surface area contributed by atoms with Crippen LogP contribution in [0.25, 0.3) is 0 Å². The largest absolute Gasteiger partial charge is 0.384 e. The van der Waals surface area contributed by atoms with E-state index in [1.54, 1.807) is 28.9 Å². The van der Waals surface area contributed by atoms with E-state index < -0.39 is 6.04 Å². The topological polar surface area (TPSA) is 82.1 Å². The Labute approximate surface area is 135 Å². The molecule has 22 heavy (non-hydrogen) atoms. The van der Waals surface area contributed by atoms with Gasteiger partial charge in [0.05, 0.1) is 23.2 Å². The number of nitrogens with zero attached hydrogens (tertiary/aromatic N) is 2. The average molecular weight is 316 g/mol. The van der Waals surface area contributed by atoms with Gasteiger partial charge in [-0.05, 0) is 36.8 Å². The maximum atomic E-state index is 12.0. The number of nitrogens with one attached hydrogen (secondary N) is 1. The number of carbonyl (C=O) groups excluding carboxylic acids is 1. The van der Waals surface area contributed by atoms with Crippen molar-refractivity contribution in [3.05, 3.63) is 41.4 Å². The fourth-order valence-electron chi connectivity index (χ4n) is 2.20. The summed E-state index contributed by atoms with van der Waals surface area (Å²) in [5, 5.41) is 14.2. The summed E-state index contributed by atoms with van der Waals surface area (Å²) in [4.78, 5) is 13.7. The second-order valence-corrected chi connectivity index (χ2v) is 5.94. The van der Waals surface area contributed by atoms with Gasteiger partial charge >= 0.3 is 0 Å². The van der Waals surface area contributed by atoms with Crippen LogP contribution in [0, 0.1) is 11.3 Å². The lowest BCUT2D eigenvalue weighted by Gasteiger charge is -2.18. The highest BCUT2D eigenvalue weighted by Crippen LogP contribution is 2.17. The molecular formula is C16H20N4OS. The van der Waals surface area contributed by atoms with Gasteiger partial charge in [0.2, 0.25) is 5.91 Å². The zero-order valence-electron chi connectivity index (χ0n) is 12.4. The summed E-state index contributed by atoms with van der Waals surface area (Å²) in [5.74, 6) is 0.656. The van der Waals surface area contributed by atoms with Crippen molar-refractivity contribution in [1.82, 2.24) is 4.90 Å². The Kier molecular flexibility index (Phi) is 6.31. The van der Waals surface area contributed by atoms with E-state index in [-0.39, 0.29) is 5.91 Å². The molecule has 1 aromatic rings. The molecule has 2 rings (SSSR count). The fraction of sp³-hybridized carbons (Fsp3) is 0.375. The molecule has 3 N–H and O–H groups in total. The number of nitriles is 1. The van der Waals surface area contributed by atoms with Crippen LogP contribution in [0.1, 0.15) is 24.8 Å². The van der Waals surface area contributed by atoms with Gasteiger partial charge in [-0.25, -0.2) is 0 Å². The third kappa shape index (κ3) is 4.52. The number of rotatable bonds is 7. The first-order valence-electron chi connectivity index (χ1n) is 7.29. The predicted octanol–water partition coefficient (Wildman–Crippen LogP) is 2.47. The Balaban J connectivity index is 1.66. The van der Waals surface area contributed by atoms with Crippen LogP contribution >= 0.6 is 11.8 Å². The van der Waals surface area contributed by atoms with E-state index >= 15 is 0 Å². The first-order chi connectivity index (χ1) is 10.7. The lowest BCUT2D eigenvalue weighted by molar-refractivity contribution is -0.129. The zero-order chi connectivity index (χ0) is 15.8. The third-order valence-corrected chi connectivity index (χ3v) is 4.20. The Hall–Kier alpha value is -1.97. The van der Waals surface area contributed by atoms with E-state index in [0.29, 0.717) is 17.9 Å². The van der Waals surface area contributed by atoms with Gasteiger partial charge in [0.1, 0.15) is 6.07 Å². The van der Waals surface area contributed by atoms with Crippen LogP contribution in [0.4, 0.5) is 5.69 Å². The minimum Gasteiger partial charge on any atom is -0.384 e. The van der Waals surface area contributed by atoms with Crippen molar-refractivity contribution >= 4 is 23.4 Å². The van der Waals surface area contributed by atoms with Crippen LogP contribution < -0.4 is 11.1 Å². The molecule has 6 heteroatoms. The van der Waals surface area contributed by atoms with E-state index in [1.165, 1.54) is 0 Å². The smallest absolute Gasteiger partial charge is 0.244 e. The van der Waals surface area contributed by atoms with Gasteiger partial charge in [0.15, 0.2) is 0 Å². The van der Waals surface area contributed by atoms with Crippen molar-refractivity contribution in [3.8, 4) is 6.07 Å². The van der Waals surface area contributed by atoms with Crippen molar-refractivity contribution in [1.29, 1.82) is 5.26 Å². The van der Waals surface area contributed by atoms with Crippen LogP contribution in [0.2, 0.25) is 0 Å². The molecule has 1 aliphatic rings. The number of unbranched alkanes of at least 4 members (excludes halogenated alkanes) is 1. The number of nitrogens with two attached hydrogens (primary N) is 1. The lowest BCUT2D eigenvalue weighted by Crippen LogP contribution is -2.40. The molecule has 1 heterocycles. The van der Waals surface area contributed by atoms with Gasteiger partial charge in [-0.1, -0.05) is 12.1 Å². The number of thioether (sulfide) groups is 1. The number of anilines is 1. The van der Waals surface area contributed by atoms with Crippen LogP contribution in [-0.2, 0) is 4.79 Å². The quantitative estimate of drug-likeness (QED) is 0.755. The van der Waals surface area contributed by atoms with Crippen molar-refractivity contribution in [3.63, 3.8) is 0 Å².